The van der Waals surface area contributed by atoms with Crippen LogP contribution in [0.4, 0.5) is 5.69 Å². The van der Waals surface area contributed by atoms with E-state index in [-0.39, 0.29) is 4.90 Å². The van der Waals surface area contributed by atoms with Gasteiger partial charge in [-0.2, -0.15) is 0 Å². The predicted octanol–water partition coefficient (Wildman–Crippen LogP) is 4.16. The van der Waals surface area contributed by atoms with Crippen LogP contribution in [-0.2, 0) is 10.0 Å². The lowest BCUT2D eigenvalue weighted by Gasteiger charge is -2.11. The van der Waals surface area contributed by atoms with Crippen molar-refractivity contribution in [2.45, 2.75) is 31.1 Å². The van der Waals surface area contributed by atoms with Crippen molar-refractivity contribution in [3.8, 4) is 0 Å². The van der Waals surface area contributed by atoms with Gasteiger partial charge in [0.2, 0.25) is 0 Å². The average molecular weight is 369 g/mol. The first-order valence-electron chi connectivity index (χ1n) is 6.65. The van der Waals surface area contributed by atoms with Gasteiger partial charge in [-0.3, -0.25) is 9.71 Å². The standard InChI is InChI=1S/C15H17BrN2O2S/c1-3-11(2)12-4-6-14(7-5-12)18-21(19,20)15-8-13(16)9-17-10-15/h4-11,18H,3H2,1-2H3. The van der Waals surface area contributed by atoms with Crippen molar-refractivity contribution in [1.29, 1.82) is 0 Å². The summed E-state index contributed by atoms with van der Waals surface area (Å²) in [6.45, 7) is 4.27. The molecule has 0 amide bonds. The van der Waals surface area contributed by atoms with Crippen LogP contribution in [0.15, 0.2) is 52.1 Å². The van der Waals surface area contributed by atoms with E-state index in [2.05, 4.69) is 39.5 Å². The first kappa shape index (κ1) is 16.0. The third-order valence-electron chi connectivity index (χ3n) is 3.33. The van der Waals surface area contributed by atoms with E-state index in [1.165, 1.54) is 17.8 Å². The van der Waals surface area contributed by atoms with Crippen molar-refractivity contribution >= 4 is 31.6 Å². The van der Waals surface area contributed by atoms with Gasteiger partial charge in [-0.25, -0.2) is 8.42 Å². The Labute approximate surface area is 133 Å². The maximum atomic E-state index is 12.3. The Kier molecular flexibility index (Phi) is 5.00. The Morgan fingerprint density at radius 3 is 2.48 bits per heavy atom. The second kappa shape index (κ2) is 6.58. The number of nitrogens with one attached hydrogen (secondary N) is 1. The molecule has 0 saturated carbocycles. The molecule has 0 saturated heterocycles. The van der Waals surface area contributed by atoms with E-state index in [1.807, 2.05) is 12.1 Å². The van der Waals surface area contributed by atoms with E-state index in [4.69, 9.17) is 0 Å². The van der Waals surface area contributed by atoms with Gasteiger partial charge in [-0.1, -0.05) is 26.0 Å². The number of hydrogen-bond donors (Lipinski definition) is 1. The van der Waals surface area contributed by atoms with Gasteiger partial charge in [0.25, 0.3) is 10.0 Å². The van der Waals surface area contributed by atoms with Gasteiger partial charge >= 0.3 is 0 Å². The van der Waals surface area contributed by atoms with Gasteiger partial charge < -0.3 is 0 Å². The summed E-state index contributed by atoms with van der Waals surface area (Å²) < 4.78 is 27.7. The second-order valence-corrected chi connectivity index (χ2v) is 7.47. The van der Waals surface area contributed by atoms with E-state index in [9.17, 15) is 8.42 Å². The molecule has 0 fully saturated rings. The third kappa shape index (κ3) is 4.04. The zero-order valence-corrected chi connectivity index (χ0v) is 14.3. The zero-order valence-electron chi connectivity index (χ0n) is 11.9. The van der Waals surface area contributed by atoms with Gasteiger partial charge in [0, 0.05) is 22.6 Å². The van der Waals surface area contributed by atoms with Crippen molar-refractivity contribution < 1.29 is 8.42 Å². The molecule has 2 rings (SSSR count). The minimum atomic E-state index is -3.62. The second-order valence-electron chi connectivity index (χ2n) is 4.88. The summed E-state index contributed by atoms with van der Waals surface area (Å²) >= 11 is 3.22. The summed E-state index contributed by atoms with van der Waals surface area (Å²) in [5.74, 6) is 0.463. The average Bonchev–Trinajstić information content (AvgIpc) is 2.47. The predicted molar refractivity (Wildman–Crippen MR) is 87.9 cm³/mol. The van der Waals surface area contributed by atoms with Crippen molar-refractivity contribution in [2.75, 3.05) is 4.72 Å². The lowest BCUT2D eigenvalue weighted by Crippen LogP contribution is -2.13. The molecule has 1 unspecified atom stereocenters. The Balaban J connectivity index is 2.21. The first-order chi connectivity index (χ1) is 9.92. The van der Waals surface area contributed by atoms with Crippen LogP contribution in [0.5, 0.6) is 0 Å². The van der Waals surface area contributed by atoms with E-state index in [1.54, 1.807) is 18.3 Å². The number of hydrogen-bond acceptors (Lipinski definition) is 3. The molecule has 4 nitrogen and oxygen atoms in total. The molecule has 2 aromatic rings. The van der Waals surface area contributed by atoms with E-state index < -0.39 is 10.0 Å². The first-order valence-corrected chi connectivity index (χ1v) is 8.93. The Bertz CT molecular complexity index is 715. The van der Waals surface area contributed by atoms with Crippen LogP contribution in [0.3, 0.4) is 0 Å². The molecule has 1 aromatic heterocycles. The molecular formula is C15H17BrN2O2S. The number of benzene rings is 1. The van der Waals surface area contributed by atoms with Gasteiger partial charge in [-0.15, -0.1) is 0 Å². The normalized spacial score (nSPS) is 12.9. The SMILES string of the molecule is CCC(C)c1ccc(NS(=O)(=O)c2cncc(Br)c2)cc1. The zero-order chi connectivity index (χ0) is 15.5. The van der Waals surface area contributed by atoms with Gasteiger partial charge in [0.1, 0.15) is 4.90 Å². The molecule has 1 heterocycles. The van der Waals surface area contributed by atoms with Crippen LogP contribution < -0.4 is 4.72 Å². The highest BCUT2D eigenvalue weighted by Crippen LogP contribution is 2.22. The van der Waals surface area contributed by atoms with Crippen molar-refractivity contribution in [2.24, 2.45) is 0 Å². The van der Waals surface area contributed by atoms with Crippen LogP contribution >= 0.6 is 15.9 Å². The number of aromatic nitrogens is 1. The molecule has 0 spiro atoms. The van der Waals surface area contributed by atoms with E-state index in [0.717, 1.165) is 6.42 Å². The minimum Gasteiger partial charge on any atom is -0.280 e. The number of rotatable bonds is 5. The molecule has 6 heteroatoms. The molecule has 0 aliphatic carbocycles. The highest BCUT2D eigenvalue weighted by molar-refractivity contribution is 9.10. The van der Waals surface area contributed by atoms with Crippen LogP contribution in [0.2, 0.25) is 0 Å². The fourth-order valence-corrected chi connectivity index (χ4v) is 3.43. The Morgan fingerprint density at radius 2 is 1.90 bits per heavy atom. The fraction of sp³-hybridized carbons (Fsp3) is 0.267. The lowest BCUT2D eigenvalue weighted by molar-refractivity contribution is 0.600. The largest absolute Gasteiger partial charge is 0.280 e. The van der Waals surface area contributed by atoms with Crippen molar-refractivity contribution in [3.63, 3.8) is 0 Å². The molecule has 112 valence electrons. The number of halogens is 1. The molecule has 0 aliphatic heterocycles. The molecule has 21 heavy (non-hydrogen) atoms. The molecule has 0 aliphatic rings. The van der Waals surface area contributed by atoms with Crippen LogP contribution in [0.25, 0.3) is 0 Å². The number of nitrogens with zero attached hydrogens (tertiary/aromatic N) is 1. The number of sulfonamides is 1. The maximum Gasteiger partial charge on any atom is 0.263 e. The van der Waals surface area contributed by atoms with Crippen molar-refractivity contribution in [1.82, 2.24) is 4.98 Å². The van der Waals surface area contributed by atoms with Gasteiger partial charge in [-0.05, 0) is 52.0 Å². The highest BCUT2D eigenvalue weighted by Gasteiger charge is 2.15. The number of pyridine rings is 1. The maximum absolute atomic E-state index is 12.3. The van der Waals surface area contributed by atoms with E-state index >= 15 is 0 Å². The summed E-state index contributed by atoms with van der Waals surface area (Å²) in [6.07, 6.45) is 3.91. The van der Waals surface area contributed by atoms with Crippen LogP contribution in [-0.4, -0.2) is 13.4 Å². The Morgan fingerprint density at radius 1 is 1.24 bits per heavy atom. The van der Waals surface area contributed by atoms with Gasteiger partial charge in [0.15, 0.2) is 0 Å². The molecular weight excluding hydrogens is 352 g/mol. The lowest BCUT2D eigenvalue weighted by atomic mass is 9.99. The fourth-order valence-electron chi connectivity index (χ4n) is 1.87. The summed E-state index contributed by atoms with van der Waals surface area (Å²) in [5, 5.41) is 0. The highest BCUT2D eigenvalue weighted by atomic mass is 79.9. The van der Waals surface area contributed by atoms with Crippen LogP contribution in [0, 0.1) is 0 Å². The quantitative estimate of drug-likeness (QED) is 0.861. The summed E-state index contributed by atoms with van der Waals surface area (Å²) in [4.78, 5) is 4.00. The molecule has 0 bridgehead atoms. The van der Waals surface area contributed by atoms with Gasteiger partial charge in [0.05, 0.1) is 0 Å². The van der Waals surface area contributed by atoms with Crippen molar-refractivity contribution in [3.05, 3.63) is 52.8 Å². The topological polar surface area (TPSA) is 59.1 Å². The third-order valence-corrected chi connectivity index (χ3v) is 5.12. The molecule has 0 radical (unpaired) electrons. The molecule has 1 N–H and O–H groups in total. The van der Waals surface area contributed by atoms with E-state index in [0.29, 0.717) is 16.1 Å². The van der Waals surface area contributed by atoms with Crippen LogP contribution in [0.1, 0.15) is 31.7 Å². The summed E-state index contributed by atoms with van der Waals surface area (Å²) in [7, 11) is -3.62. The summed E-state index contributed by atoms with van der Waals surface area (Å²) in [5.41, 5.74) is 1.74. The summed E-state index contributed by atoms with van der Waals surface area (Å²) in [6, 6.07) is 8.98. The monoisotopic (exact) mass is 368 g/mol. The Hall–Kier alpha value is -1.40. The molecule has 1 aromatic carbocycles. The molecule has 1 atom stereocenters. The minimum absolute atomic E-state index is 0.128. The number of anilines is 1. The smallest absolute Gasteiger partial charge is 0.263 e.